The van der Waals surface area contributed by atoms with Gasteiger partial charge < -0.3 is 45.9 Å². The van der Waals surface area contributed by atoms with E-state index in [4.69, 9.17) is 61.0 Å². The molecule has 0 spiro atoms. The van der Waals surface area contributed by atoms with Gasteiger partial charge in [-0.15, -0.1) is 0 Å². The number of hydrogen-bond acceptors (Lipinski definition) is 12. The maximum atomic E-state index is 12.1. The monoisotopic (exact) mass is 1140 g/mol. The van der Waals surface area contributed by atoms with E-state index in [1.54, 1.807) is 16.1 Å². The Labute approximate surface area is 483 Å². The SMILES string of the molecule is CC(C)(C)OC(=O)N1CCC(C#N)(Cc2ccc(Cl)cc2)CC1.CC(C)(C)OC(=O)N1CCC(C#N)CC1.NCC1(Cc2ccc(Cl)cc2)CCN(c2ncnc3[nH]ccc23)CC1.NCC1(Cc2ccc(Cl)cc2)CCNCC1. The van der Waals surface area contributed by atoms with E-state index in [1.807, 2.05) is 102 Å². The number of rotatable bonds is 9. The van der Waals surface area contributed by atoms with Crippen molar-refractivity contribution in [2.45, 2.75) is 123 Å². The number of nitrogens with two attached hydrogens (primary N) is 2. The fourth-order valence-electron chi connectivity index (χ4n) is 10.5. The second-order valence-electron chi connectivity index (χ2n) is 23.7. The van der Waals surface area contributed by atoms with E-state index in [2.05, 4.69) is 61.6 Å². The zero-order valence-electron chi connectivity index (χ0n) is 47.1. The third kappa shape index (κ3) is 19.3. The summed E-state index contributed by atoms with van der Waals surface area (Å²) in [6.45, 7) is 19.1. The second kappa shape index (κ2) is 28.7. The fourth-order valence-corrected chi connectivity index (χ4v) is 10.9. The number of amides is 2. The fraction of sp³-hybridized carbons (Fsp3) is 0.541. The Kier molecular flexibility index (Phi) is 22.7. The van der Waals surface area contributed by atoms with E-state index >= 15 is 0 Å². The van der Waals surface area contributed by atoms with Gasteiger partial charge in [-0.2, -0.15) is 10.5 Å². The molecule has 0 unspecified atom stereocenters. The zero-order chi connectivity index (χ0) is 57.3. The third-order valence-electron chi connectivity index (χ3n) is 15.4. The second-order valence-corrected chi connectivity index (χ2v) is 25.0. The predicted octanol–water partition coefficient (Wildman–Crippen LogP) is 12.2. The molecular weight excluding hydrogens is 1060 g/mol. The first-order valence-electron chi connectivity index (χ1n) is 27.7. The van der Waals surface area contributed by atoms with Crippen molar-refractivity contribution in [2.24, 2.45) is 33.6 Å². The molecule has 3 aromatic carbocycles. The first-order chi connectivity index (χ1) is 37.6. The van der Waals surface area contributed by atoms with E-state index in [0.29, 0.717) is 62.4 Å². The highest BCUT2D eigenvalue weighted by molar-refractivity contribution is 6.31. The number of fused-ring (bicyclic) bond motifs is 1. The van der Waals surface area contributed by atoms with Gasteiger partial charge in [-0.3, -0.25) is 0 Å². The number of carbonyl (C=O) groups excluding carboxylic acids is 2. The van der Waals surface area contributed by atoms with Crippen LogP contribution in [0.4, 0.5) is 15.4 Å². The largest absolute Gasteiger partial charge is 0.444 e. The minimum Gasteiger partial charge on any atom is -0.444 e. The van der Waals surface area contributed by atoms with Crippen molar-refractivity contribution in [1.82, 2.24) is 30.1 Å². The van der Waals surface area contributed by atoms with Gasteiger partial charge in [0, 0.05) is 66.5 Å². The molecule has 4 fully saturated rings. The third-order valence-corrected chi connectivity index (χ3v) is 16.1. The van der Waals surface area contributed by atoms with Gasteiger partial charge in [0.2, 0.25) is 0 Å². The van der Waals surface area contributed by atoms with Gasteiger partial charge in [0.25, 0.3) is 0 Å². The molecule has 2 amide bonds. The Morgan fingerprint density at radius 3 is 1.51 bits per heavy atom. The molecule has 79 heavy (non-hydrogen) atoms. The Hall–Kier alpha value is -5.65. The molecule has 6 N–H and O–H groups in total. The summed E-state index contributed by atoms with van der Waals surface area (Å²) in [7, 11) is 0. The number of benzene rings is 3. The number of carbonyl (C=O) groups is 2. The van der Waals surface area contributed by atoms with Crippen LogP contribution in [0.15, 0.2) is 91.4 Å². The summed E-state index contributed by atoms with van der Waals surface area (Å²) in [5.74, 6) is 1.12. The first-order valence-corrected chi connectivity index (χ1v) is 28.9. The lowest BCUT2D eigenvalue weighted by molar-refractivity contribution is 0.0146. The van der Waals surface area contributed by atoms with Crippen LogP contribution in [0, 0.1) is 44.8 Å². The number of halogens is 3. The average molecular weight is 1140 g/mol. The highest BCUT2D eigenvalue weighted by Crippen LogP contribution is 2.38. The van der Waals surface area contributed by atoms with Gasteiger partial charge in [0.15, 0.2) is 0 Å². The lowest BCUT2D eigenvalue weighted by atomic mass is 9.74. The molecule has 0 saturated carbocycles. The lowest BCUT2D eigenvalue weighted by Crippen LogP contribution is -2.45. The molecule has 9 rings (SSSR count). The molecule has 4 saturated heterocycles. The number of anilines is 1. The number of hydrogen-bond donors (Lipinski definition) is 4. The maximum Gasteiger partial charge on any atom is 0.410 e. The summed E-state index contributed by atoms with van der Waals surface area (Å²) in [5.41, 5.74) is 15.9. The predicted molar refractivity (Wildman–Crippen MR) is 317 cm³/mol. The minimum atomic E-state index is -0.496. The van der Waals surface area contributed by atoms with Crippen LogP contribution in [0.2, 0.25) is 15.1 Å². The van der Waals surface area contributed by atoms with Crippen LogP contribution >= 0.6 is 34.8 Å². The molecule has 0 atom stereocenters. The summed E-state index contributed by atoms with van der Waals surface area (Å²) in [5, 5.41) is 25.1. The van der Waals surface area contributed by atoms with E-state index in [0.717, 1.165) is 104 Å². The standard InChI is InChI=1S/C19H22ClN5.C18H23ClN2O2.C13H19ClN2.C11H18N2O2/c20-15-3-1-14(2-4-15)11-19(12-21)6-9-25(10-7-19)18-16-5-8-22-17(16)23-13-24-18;1-17(2,3)23-16(22)21-10-8-18(13-20,9-11-21)12-14-4-6-15(19)7-5-14;14-12-3-1-11(2-4-12)9-13(10-15)5-7-16-8-6-13;1-11(2,3)15-10(14)13-6-4-9(8-12)5-7-13/h1-5,8,13H,6-7,9-12,21H2,(H,22,23,24);4-7H,8-12H2,1-3H3;1-4,16H,5-10,15H2;9H,4-7H2,1-3H3. The molecule has 15 nitrogen and oxygen atoms in total. The molecule has 0 radical (unpaired) electrons. The number of likely N-dealkylation sites (tertiary alicyclic amines) is 2. The van der Waals surface area contributed by atoms with Crippen LogP contribution in [-0.2, 0) is 28.7 Å². The highest BCUT2D eigenvalue weighted by atomic mass is 35.5. The van der Waals surface area contributed by atoms with Crippen LogP contribution in [0.5, 0.6) is 0 Å². The molecule has 2 aromatic heterocycles. The Balaban J connectivity index is 0.000000174. The smallest absolute Gasteiger partial charge is 0.410 e. The lowest BCUT2D eigenvalue weighted by Gasteiger charge is -2.42. The number of nitrogens with zero attached hydrogens (tertiary/aromatic N) is 7. The van der Waals surface area contributed by atoms with Crippen LogP contribution in [0.25, 0.3) is 11.0 Å². The topological polar surface area (TPSA) is 216 Å². The van der Waals surface area contributed by atoms with Gasteiger partial charge in [-0.05, 0) is 208 Å². The van der Waals surface area contributed by atoms with E-state index < -0.39 is 16.6 Å². The zero-order valence-corrected chi connectivity index (χ0v) is 49.4. The summed E-state index contributed by atoms with van der Waals surface area (Å²) in [4.78, 5) is 41.4. The number of nitrogens with one attached hydrogen (secondary N) is 2. The molecule has 18 heteroatoms. The first kappa shape index (κ1) is 62.5. The molecular formula is C61H82Cl3N11O4. The van der Waals surface area contributed by atoms with Crippen molar-refractivity contribution in [1.29, 1.82) is 10.5 Å². The van der Waals surface area contributed by atoms with Crippen molar-refractivity contribution in [3.05, 3.63) is 123 Å². The van der Waals surface area contributed by atoms with Gasteiger partial charge in [-0.1, -0.05) is 71.2 Å². The van der Waals surface area contributed by atoms with Gasteiger partial charge in [-0.25, -0.2) is 19.6 Å². The highest BCUT2D eigenvalue weighted by Gasteiger charge is 2.38. The van der Waals surface area contributed by atoms with Crippen LogP contribution in [0.3, 0.4) is 0 Å². The van der Waals surface area contributed by atoms with Crippen molar-refractivity contribution < 1.29 is 19.1 Å². The number of aromatic amines is 1. The molecule has 426 valence electrons. The Morgan fingerprint density at radius 1 is 0.633 bits per heavy atom. The van der Waals surface area contributed by atoms with Gasteiger partial charge >= 0.3 is 12.2 Å². The Morgan fingerprint density at radius 2 is 1.08 bits per heavy atom. The van der Waals surface area contributed by atoms with Crippen LogP contribution in [0.1, 0.15) is 110 Å². The molecule has 5 aromatic rings. The molecule has 0 bridgehead atoms. The summed E-state index contributed by atoms with van der Waals surface area (Å²) in [6.07, 6.45) is 13.0. The molecule has 6 heterocycles. The number of nitriles is 2. The number of H-pyrrole nitrogens is 1. The van der Waals surface area contributed by atoms with Crippen molar-refractivity contribution in [3.63, 3.8) is 0 Å². The van der Waals surface area contributed by atoms with E-state index in [-0.39, 0.29) is 23.5 Å². The molecule has 4 aliphatic heterocycles. The van der Waals surface area contributed by atoms with Gasteiger partial charge in [0.1, 0.15) is 29.0 Å². The quantitative estimate of drug-likeness (QED) is 0.108. The van der Waals surface area contributed by atoms with E-state index in [9.17, 15) is 14.9 Å². The van der Waals surface area contributed by atoms with Crippen molar-refractivity contribution >= 4 is 63.8 Å². The van der Waals surface area contributed by atoms with Crippen molar-refractivity contribution in [3.8, 4) is 12.1 Å². The van der Waals surface area contributed by atoms with Crippen LogP contribution in [-0.4, -0.2) is 114 Å². The maximum absolute atomic E-state index is 12.1. The average Bonchev–Trinajstić information content (AvgIpc) is 3.94. The number of aromatic nitrogens is 3. The molecule has 0 aliphatic carbocycles. The molecule has 4 aliphatic rings. The summed E-state index contributed by atoms with van der Waals surface area (Å²) >= 11 is 17.8. The van der Waals surface area contributed by atoms with Crippen molar-refractivity contribution in [2.75, 3.05) is 70.3 Å². The normalized spacial score (nSPS) is 18.0. The van der Waals surface area contributed by atoms with Gasteiger partial charge in [0.05, 0.1) is 22.9 Å². The number of piperidine rings is 4. The Bertz CT molecular complexity index is 2770. The van der Waals surface area contributed by atoms with Crippen LogP contribution < -0.4 is 21.7 Å². The minimum absolute atomic E-state index is 0.101. The summed E-state index contributed by atoms with van der Waals surface area (Å²) < 4.78 is 10.7. The number of ether oxygens (including phenoxy) is 2. The van der Waals surface area contributed by atoms with E-state index in [1.165, 1.54) is 24.0 Å². The summed E-state index contributed by atoms with van der Waals surface area (Å²) in [6, 6.07) is 30.6.